The fourth-order valence-corrected chi connectivity index (χ4v) is 2.92. The van der Waals surface area contributed by atoms with Crippen LogP contribution in [0.15, 0.2) is 0 Å². The van der Waals surface area contributed by atoms with E-state index in [0.29, 0.717) is 6.04 Å². The first-order valence-corrected chi connectivity index (χ1v) is 7.10. The molecular formula is C13H21N3O2. The molecule has 3 aliphatic rings. The number of likely N-dealkylation sites (tertiary alicyclic amines) is 1. The summed E-state index contributed by atoms with van der Waals surface area (Å²) in [5, 5.41) is 6.24. The smallest absolute Gasteiger partial charge is 0.243 e. The molecule has 5 nitrogen and oxygen atoms in total. The topological polar surface area (TPSA) is 61.4 Å². The molecule has 3 fully saturated rings. The van der Waals surface area contributed by atoms with E-state index in [1.54, 1.807) is 4.90 Å². The molecule has 2 heterocycles. The summed E-state index contributed by atoms with van der Waals surface area (Å²) in [4.78, 5) is 26.2. The fourth-order valence-electron chi connectivity index (χ4n) is 2.92. The van der Waals surface area contributed by atoms with Crippen LogP contribution < -0.4 is 10.6 Å². The van der Waals surface area contributed by atoms with Crippen molar-refractivity contribution in [3.05, 3.63) is 0 Å². The molecule has 0 aromatic heterocycles. The molecule has 0 unspecified atom stereocenters. The van der Waals surface area contributed by atoms with Crippen molar-refractivity contribution >= 4 is 11.8 Å². The van der Waals surface area contributed by atoms with Gasteiger partial charge in [-0.25, -0.2) is 0 Å². The third-order valence-corrected chi connectivity index (χ3v) is 4.12. The van der Waals surface area contributed by atoms with Gasteiger partial charge in [0.2, 0.25) is 11.8 Å². The predicted octanol–water partition coefficient (Wildman–Crippen LogP) is 0.00800. The highest BCUT2D eigenvalue weighted by Crippen LogP contribution is 2.23. The lowest BCUT2D eigenvalue weighted by molar-refractivity contribution is -0.139. The van der Waals surface area contributed by atoms with Crippen molar-refractivity contribution in [2.75, 3.05) is 13.1 Å². The first-order valence-electron chi connectivity index (χ1n) is 7.10. The minimum Gasteiger partial charge on any atom is -0.352 e. The zero-order chi connectivity index (χ0) is 12.5. The lowest BCUT2D eigenvalue weighted by Gasteiger charge is -2.26. The molecule has 5 heteroatoms. The molecule has 1 aliphatic carbocycles. The average Bonchev–Trinajstić information content (AvgIpc) is 2.91. The first kappa shape index (κ1) is 12.0. The van der Waals surface area contributed by atoms with E-state index in [2.05, 4.69) is 10.6 Å². The van der Waals surface area contributed by atoms with E-state index in [1.165, 1.54) is 0 Å². The standard InChI is InChI=1S/C13H21N3O2/c17-12(15-9-5-6-9)11-4-2-8-16(11)13(18)10-3-1-7-14-10/h9-11,14H,1-8H2,(H,15,17)/t10-,11-/m0/s1. The molecule has 0 bridgehead atoms. The lowest BCUT2D eigenvalue weighted by atomic mass is 10.1. The molecular weight excluding hydrogens is 230 g/mol. The predicted molar refractivity (Wildman–Crippen MR) is 66.9 cm³/mol. The maximum Gasteiger partial charge on any atom is 0.243 e. The zero-order valence-electron chi connectivity index (χ0n) is 10.7. The molecule has 2 amide bonds. The van der Waals surface area contributed by atoms with Crippen LogP contribution in [0.25, 0.3) is 0 Å². The van der Waals surface area contributed by atoms with Gasteiger partial charge >= 0.3 is 0 Å². The summed E-state index contributed by atoms with van der Waals surface area (Å²) < 4.78 is 0. The van der Waals surface area contributed by atoms with Crippen molar-refractivity contribution in [2.45, 2.75) is 56.7 Å². The summed E-state index contributed by atoms with van der Waals surface area (Å²) in [5.74, 6) is 0.183. The van der Waals surface area contributed by atoms with Crippen LogP contribution in [0.1, 0.15) is 38.5 Å². The molecule has 18 heavy (non-hydrogen) atoms. The summed E-state index contributed by atoms with van der Waals surface area (Å²) in [6.45, 7) is 1.66. The Morgan fingerprint density at radius 1 is 1.11 bits per heavy atom. The van der Waals surface area contributed by atoms with Crippen LogP contribution in [-0.4, -0.2) is 47.9 Å². The van der Waals surface area contributed by atoms with Crippen molar-refractivity contribution in [2.24, 2.45) is 0 Å². The van der Waals surface area contributed by atoms with Gasteiger partial charge in [-0.2, -0.15) is 0 Å². The molecule has 0 spiro atoms. The Balaban J connectivity index is 1.62. The van der Waals surface area contributed by atoms with Crippen LogP contribution >= 0.6 is 0 Å². The van der Waals surface area contributed by atoms with E-state index in [-0.39, 0.29) is 23.9 Å². The Morgan fingerprint density at radius 2 is 1.94 bits per heavy atom. The summed E-state index contributed by atoms with van der Waals surface area (Å²) in [5.41, 5.74) is 0. The molecule has 2 aliphatic heterocycles. The highest BCUT2D eigenvalue weighted by molar-refractivity contribution is 5.90. The van der Waals surface area contributed by atoms with Gasteiger partial charge in [-0.1, -0.05) is 0 Å². The minimum atomic E-state index is -0.222. The van der Waals surface area contributed by atoms with Gasteiger partial charge in [0.1, 0.15) is 6.04 Å². The van der Waals surface area contributed by atoms with Crippen molar-refractivity contribution in [3.63, 3.8) is 0 Å². The molecule has 3 rings (SSSR count). The summed E-state index contributed by atoms with van der Waals surface area (Å²) in [6, 6.07) is 0.0967. The Hall–Kier alpha value is -1.10. The number of rotatable bonds is 3. The third kappa shape index (κ3) is 2.36. The average molecular weight is 251 g/mol. The number of nitrogens with zero attached hydrogens (tertiary/aromatic N) is 1. The van der Waals surface area contributed by atoms with Crippen molar-refractivity contribution in [3.8, 4) is 0 Å². The molecule has 2 atom stereocenters. The number of nitrogens with one attached hydrogen (secondary N) is 2. The number of carbonyl (C=O) groups is 2. The molecule has 2 N–H and O–H groups in total. The van der Waals surface area contributed by atoms with Crippen LogP contribution in [0.4, 0.5) is 0 Å². The zero-order valence-corrected chi connectivity index (χ0v) is 10.7. The second-order valence-electron chi connectivity index (χ2n) is 5.62. The largest absolute Gasteiger partial charge is 0.352 e. The first-order chi connectivity index (χ1) is 8.75. The fraction of sp³-hybridized carbons (Fsp3) is 0.846. The Bertz CT molecular complexity index is 348. The summed E-state index contributed by atoms with van der Waals surface area (Å²) in [7, 11) is 0. The SMILES string of the molecule is O=C(NC1CC1)[C@@H]1CCCN1C(=O)[C@@H]1CCCN1. The second-order valence-corrected chi connectivity index (χ2v) is 5.62. The van der Waals surface area contributed by atoms with Gasteiger partial charge in [0.05, 0.1) is 6.04 Å². The molecule has 1 saturated carbocycles. The minimum absolute atomic E-state index is 0.0562. The summed E-state index contributed by atoms with van der Waals surface area (Å²) >= 11 is 0. The number of hydrogen-bond donors (Lipinski definition) is 2. The van der Waals surface area contributed by atoms with Crippen LogP contribution in [0.3, 0.4) is 0 Å². The van der Waals surface area contributed by atoms with Crippen molar-refractivity contribution < 1.29 is 9.59 Å². The van der Waals surface area contributed by atoms with Crippen LogP contribution in [-0.2, 0) is 9.59 Å². The van der Waals surface area contributed by atoms with E-state index < -0.39 is 0 Å². The van der Waals surface area contributed by atoms with Gasteiger partial charge in [0, 0.05) is 12.6 Å². The Labute approximate surface area is 107 Å². The molecule has 2 saturated heterocycles. The van der Waals surface area contributed by atoms with Gasteiger partial charge < -0.3 is 15.5 Å². The lowest BCUT2D eigenvalue weighted by Crippen LogP contribution is -2.51. The monoisotopic (exact) mass is 251 g/mol. The highest BCUT2D eigenvalue weighted by Gasteiger charge is 2.39. The van der Waals surface area contributed by atoms with Gasteiger partial charge in [-0.3, -0.25) is 9.59 Å². The van der Waals surface area contributed by atoms with E-state index in [9.17, 15) is 9.59 Å². The quantitative estimate of drug-likeness (QED) is 0.742. The summed E-state index contributed by atoms with van der Waals surface area (Å²) in [6.07, 6.45) is 5.92. The number of carbonyl (C=O) groups excluding carboxylic acids is 2. The van der Waals surface area contributed by atoms with Gasteiger partial charge in [0.15, 0.2) is 0 Å². The van der Waals surface area contributed by atoms with Gasteiger partial charge in [-0.05, 0) is 45.1 Å². The van der Waals surface area contributed by atoms with E-state index in [0.717, 1.165) is 51.6 Å². The highest BCUT2D eigenvalue weighted by atomic mass is 16.2. The van der Waals surface area contributed by atoms with Crippen molar-refractivity contribution in [1.82, 2.24) is 15.5 Å². The van der Waals surface area contributed by atoms with Gasteiger partial charge in [0.25, 0.3) is 0 Å². The number of hydrogen-bond acceptors (Lipinski definition) is 3. The van der Waals surface area contributed by atoms with Crippen LogP contribution in [0, 0.1) is 0 Å². The third-order valence-electron chi connectivity index (χ3n) is 4.12. The molecule has 100 valence electrons. The van der Waals surface area contributed by atoms with E-state index in [1.807, 2.05) is 0 Å². The normalized spacial score (nSPS) is 31.7. The molecule has 0 radical (unpaired) electrons. The molecule has 0 aromatic rings. The van der Waals surface area contributed by atoms with Gasteiger partial charge in [-0.15, -0.1) is 0 Å². The maximum absolute atomic E-state index is 12.3. The van der Waals surface area contributed by atoms with Crippen LogP contribution in [0.5, 0.6) is 0 Å². The van der Waals surface area contributed by atoms with Crippen LogP contribution in [0.2, 0.25) is 0 Å². The number of amides is 2. The maximum atomic E-state index is 12.3. The van der Waals surface area contributed by atoms with Crippen molar-refractivity contribution in [1.29, 1.82) is 0 Å². The van der Waals surface area contributed by atoms with E-state index in [4.69, 9.17) is 0 Å². The second kappa shape index (κ2) is 4.88. The Morgan fingerprint density at radius 3 is 2.61 bits per heavy atom. The Kier molecular flexibility index (Phi) is 3.24. The van der Waals surface area contributed by atoms with E-state index >= 15 is 0 Å². The molecule has 0 aromatic carbocycles.